The Morgan fingerprint density at radius 2 is 1.76 bits per heavy atom. The molecule has 0 radical (unpaired) electrons. The summed E-state index contributed by atoms with van der Waals surface area (Å²) < 4.78 is 0. The first kappa shape index (κ1) is 16.3. The molecule has 2 aromatic rings. The van der Waals surface area contributed by atoms with Crippen LogP contribution in [0.3, 0.4) is 0 Å². The Balaban J connectivity index is 1.50. The van der Waals surface area contributed by atoms with Gasteiger partial charge in [-0.1, -0.05) is 54.6 Å². The maximum absolute atomic E-state index is 13.3. The van der Waals surface area contributed by atoms with Crippen LogP contribution in [-0.4, -0.2) is 25.5 Å². The molecule has 1 aliphatic carbocycles. The highest BCUT2D eigenvalue weighted by Gasteiger charge is 2.41. The summed E-state index contributed by atoms with van der Waals surface area (Å²) in [5.74, 6) is 0.652. The smallest absolute Gasteiger partial charge is 0.230 e. The molecule has 25 heavy (non-hydrogen) atoms. The summed E-state index contributed by atoms with van der Waals surface area (Å²) in [7, 11) is 0. The van der Waals surface area contributed by atoms with Gasteiger partial charge in [0.05, 0.1) is 5.41 Å². The molecule has 130 valence electrons. The molecule has 0 aromatic heterocycles. The number of piperidine rings is 1. The molecular formula is C22H26N2O. The van der Waals surface area contributed by atoms with Crippen LogP contribution in [0.5, 0.6) is 0 Å². The van der Waals surface area contributed by atoms with E-state index in [-0.39, 0.29) is 11.3 Å². The number of nitrogens with one attached hydrogen (secondary N) is 2. The molecule has 2 aromatic carbocycles. The van der Waals surface area contributed by atoms with Crippen LogP contribution in [0.25, 0.3) is 0 Å². The predicted molar refractivity (Wildman–Crippen MR) is 101 cm³/mol. The predicted octanol–water partition coefficient (Wildman–Crippen LogP) is 3.15. The Hall–Kier alpha value is -2.13. The SMILES string of the molecule is O=C(NC[C@@H]1CCc2ccccc21)C1(c2ccccc2)CCNCC1. The third-order valence-electron chi connectivity index (χ3n) is 5.98. The van der Waals surface area contributed by atoms with Crippen molar-refractivity contribution in [2.24, 2.45) is 0 Å². The third-order valence-corrected chi connectivity index (χ3v) is 5.98. The number of hydrogen-bond donors (Lipinski definition) is 2. The van der Waals surface area contributed by atoms with Gasteiger partial charge in [0.25, 0.3) is 0 Å². The van der Waals surface area contributed by atoms with Crippen LogP contribution in [0.2, 0.25) is 0 Å². The summed E-state index contributed by atoms with van der Waals surface area (Å²) in [6.45, 7) is 2.54. The second-order valence-corrected chi connectivity index (χ2v) is 7.34. The van der Waals surface area contributed by atoms with Gasteiger partial charge in [0.1, 0.15) is 0 Å². The second kappa shape index (κ2) is 7.01. The number of carbonyl (C=O) groups is 1. The average molecular weight is 334 g/mol. The molecule has 1 heterocycles. The van der Waals surface area contributed by atoms with E-state index in [0.29, 0.717) is 5.92 Å². The minimum Gasteiger partial charge on any atom is -0.355 e. The van der Waals surface area contributed by atoms with Crippen molar-refractivity contribution >= 4 is 5.91 Å². The van der Waals surface area contributed by atoms with Crippen molar-refractivity contribution in [1.29, 1.82) is 0 Å². The molecule has 1 atom stereocenters. The Morgan fingerprint density at radius 3 is 2.56 bits per heavy atom. The molecule has 1 fully saturated rings. The van der Waals surface area contributed by atoms with Crippen LogP contribution in [-0.2, 0) is 16.6 Å². The largest absolute Gasteiger partial charge is 0.355 e. The molecule has 0 bridgehead atoms. The fourth-order valence-electron chi connectivity index (χ4n) is 4.50. The van der Waals surface area contributed by atoms with Gasteiger partial charge in [-0.15, -0.1) is 0 Å². The minimum absolute atomic E-state index is 0.199. The van der Waals surface area contributed by atoms with E-state index in [9.17, 15) is 4.79 Å². The van der Waals surface area contributed by atoms with E-state index in [1.165, 1.54) is 11.1 Å². The van der Waals surface area contributed by atoms with Gasteiger partial charge in [-0.2, -0.15) is 0 Å². The first-order valence-electron chi connectivity index (χ1n) is 9.42. The highest BCUT2D eigenvalue weighted by molar-refractivity contribution is 5.88. The van der Waals surface area contributed by atoms with E-state index in [1.54, 1.807) is 0 Å². The maximum atomic E-state index is 13.3. The van der Waals surface area contributed by atoms with Crippen molar-refractivity contribution in [1.82, 2.24) is 10.6 Å². The van der Waals surface area contributed by atoms with E-state index < -0.39 is 0 Å². The Morgan fingerprint density at radius 1 is 1.04 bits per heavy atom. The topological polar surface area (TPSA) is 41.1 Å². The van der Waals surface area contributed by atoms with E-state index in [1.807, 2.05) is 18.2 Å². The molecule has 1 saturated heterocycles. The van der Waals surface area contributed by atoms with Crippen molar-refractivity contribution in [2.45, 2.75) is 37.0 Å². The van der Waals surface area contributed by atoms with Crippen LogP contribution in [0.4, 0.5) is 0 Å². The Kier molecular flexibility index (Phi) is 4.58. The molecule has 0 unspecified atom stereocenters. The molecular weight excluding hydrogens is 308 g/mol. The van der Waals surface area contributed by atoms with Crippen molar-refractivity contribution in [3.63, 3.8) is 0 Å². The summed E-state index contributed by atoms with van der Waals surface area (Å²) in [5, 5.41) is 6.70. The van der Waals surface area contributed by atoms with E-state index in [2.05, 4.69) is 47.0 Å². The second-order valence-electron chi connectivity index (χ2n) is 7.34. The van der Waals surface area contributed by atoms with Crippen LogP contribution >= 0.6 is 0 Å². The quantitative estimate of drug-likeness (QED) is 0.902. The Bertz CT molecular complexity index is 735. The third kappa shape index (κ3) is 3.09. The van der Waals surface area contributed by atoms with Gasteiger partial charge >= 0.3 is 0 Å². The van der Waals surface area contributed by atoms with Crippen molar-refractivity contribution in [2.75, 3.05) is 19.6 Å². The van der Waals surface area contributed by atoms with Crippen molar-refractivity contribution < 1.29 is 4.79 Å². The molecule has 4 rings (SSSR count). The lowest BCUT2D eigenvalue weighted by Gasteiger charge is -2.37. The monoisotopic (exact) mass is 334 g/mol. The van der Waals surface area contributed by atoms with Crippen LogP contribution in [0.1, 0.15) is 41.9 Å². The molecule has 0 saturated carbocycles. The summed E-state index contributed by atoms with van der Waals surface area (Å²) in [5.41, 5.74) is 3.63. The molecule has 3 heteroatoms. The molecule has 0 spiro atoms. The van der Waals surface area contributed by atoms with Gasteiger partial charge < -0.3 is 10.6 Å². The molecule has 2 N–H and O–H groups in total. The zero-order valence-corrected chi connectivity index (χ0v) is 14.6. The van der Waals surface area contributed by atoms with Gasteiger partial charge in [-0.25, -0.2) is 0 Å². The highest BCUT2D eigenvalue weighted by Crippen LogP contribution is 2.35. The molecule has 3 nitrogen and oxygen atoms in total. The van der Waals surface area contributed by atoms with Gasteiger partial charge in [0.2, 0.25) is 5.91 Å². The van der Waals surface area contributed by atoms with Gasteiger partial charge in [0.15, 0.2) is 0 Å². The van der Waals surface area contributed by atoms with Crippen LogP contribution < -0.4 is 10.6 Å². The normalized spacial score (nSPS) is 21.5. The van der Waals surface area contributed by atoms with Crippen LogP contribution in [0, 0.1) is 0 Å². The number of rotatable bonds is 4. The molecule has 2 aliphatic rings. The fraction of sp³-hybridized carbons (Fsp3) is 0.409. The fourth-order valence-corrected chi connectivity index (χ4v) is 4.50. The molecule has 1 amide bonds. The highest BCUT2D eigenvalue weighted by atomic mass is 16.2. The summed E-state index contributed by atoms with van der Waals surface area (Å²) >= 11 is 0. The number of fused-ring (bicyclic) bond motifs is 1. The number of hydrogen-bond acceptors (Lipinski definition) is 2. The number of benzene rings is 2. The molecule has 1 aliphatic heterocycles. The minimum atomic E-state index is -0.384. The Labute approximate surface area is 149 Å². The van der Waals surface area contributed by atoms with Gasteiger partial charge in [0, 0.05) is 12.5 Å². The number of aryl methyl sites for hydroxylation is 1. The van der Waals surface area contributed by atoms with E-state index in [0.717, 1.165) is 50.9 Å². The van der Waals surface area contributed by atoms with Crippen molar-refractivity contribution in [3.8, 4) is 0 Å². The number of amides is 1. The lowest BCUT2D eigenvalue weighted by molar-refractivity contribution is -0.127. The van der Waals surface area contributed by atoms with E-state index in [4.69, 9.17) is 0 Å². The maximum Gasteiger partial charge on any atom is 0.230 e. The van der Waals surface area contributed by atoms with Crippen LogP contribution in [0.15, 0.2) is 54.6 Å². The van der Waals surface area contributed by atoms with Gasteiger partial charge in [-0.05, 0) is 55.5 Å². The first-order valence-corrected chi connectivity index (χ1v) is 9.42. The zero-order chi connectivity index (χ0) is 17.1. The lowest BCUT2D eigenvalue weighted by Crippen LogP contribution is -2.51. The first-order chi connectivity index (χ1) is 12.3. The van der Waals surface area contributed by atoms with Gasteiger partial charge in [-0.3, -0.25) is 4.79 Å². The average Bonchev–Trinajstić information content (AvgIpc) is 3.10. The number of carbonyl (C=O) groups excluding carboxylic acids is 1. The zero-order valence-electron chi connectivity index (χ0n) is 14.6. The summed E-state index contributed by atoms with van der Waals surface area (Å²) in [6, 6.07) is 19.0. The summed E-state index contributed by atoms with van der Waals surface area (Å²) in [6.07, 6.45) is 4.00. The standard InChI is InChI=1S/C22H26N2O/c25-21(24-16-18-11-10-17-6-4-5-9-20(17)18)22(12-14-23-15-13-22)19-7-2-1-3-8-19/h1-9,18,23H,10-16H2,(H,24,25)/t18-/m0/s1. The lowest BCUT2D eigenvalue weighted by atomic mass is 9.72. The van der Waals surface area contributed by atoms with E-state index >= 15 is 0 Å². The summed E-state index contributed by atoms with van der Waals surface area (Å²) in [4.78, 5) is 13.3. The van der Waals surface area contributed by atoms with Crippen molar-refractivity contribution in [3.05, 3.63) is 71.3 Å².